The van der Waals surface area contributed by atoms with E-state index in [1.54, 1.807) is 31.4 Å². The van der Waals surface area contributed by atoms with Gasteiger partial charge in [-0.25, -0.2) is 4.79 Å². The van der Waals surface area contributed by atoms with Crippen molar-refractivity contribution in [2.45, 2.75) is 65.4 Å². The molecule has 0 saturated heterocycles. The molecule has 0 bridgehead atoms. The van der Waals surface area contributed by atoms with Gasteiger partial charge >= 0.3 is 17.9 Å². The Morgan fingerprint density at radius 2 is 1.70 bits per heavy atom. The summed E-state index contributed by atoms with van der Waals surface area (Å²) in [5.74, 6) is -0.914. The molecule has 10 nitrogen and oxygen atoms in total. The van der Waals surface area contributed by atoms with Crippen molar-refractivity contribution in [2.24, 2.45) is 0 Å². The van der Waals surface area contributed by atoms with Crippen LogP contribution in [0.15, 0.2) is 35.9 Å². The third kappa shape index (κ3) is 7.84. The lowest BCUT2D eigenvalue weighted by molar-refractivity contribution is -0.137. The molecule has 0 spiro atoms. The number of esters is 2. The number of fused-ring (bicyclic) bond motifs is 1. The molecule has 2 aromatic carbocycles. The van der Waals surface area contributed by atoms with E-state index in [0.29, 0.717) is 47.6 Å². The first-order valence-corrected chi connectivity index (χ1v) is 13.1. The van der Waals surface area contributed by atoms with Crippen molar-refractivity contribution in [3.05, 3.63) is 58.2 Å². The van der Waals surface area contributed by atoms with E-state index in [-0.39, 0.29) is 49.5 Å². The number of anilines is 1. The smallest absolute Gasteiger partial charge is 0.342 e. The van der Waals surface area contributed by atoms with Gasteiger partial charge in [0.15, 0.2) is 5.75 Å². The number of amides is 1. The van der Waals surface area contributed by atoms with Crippen LogP contribution < -0.4 is 19.5 Å². The van der Waals surface area contributed by atoms with E-state index in [0.717, 1.165) is 11.1 Å². The Kier molecular flexibility index (Phi) is 10.7. The highest BCUT2D eigenvalue weighted by atomic mass is 16.6. The number of nitrogens with one attached hydrogen (secondary N) is 1. The van der Waals surface area contributed by atoms with Crippen molar-refractivity contribution >= 4 is 29.5 Å². The molecule has 1 aliphatic rings. The van der Waals surface area contributed by atoms with E-state index in [1.165, 1.54) is 7.11 Å². The molecule has 3 rings (SSSR count). The summed E-state index contributed by atoms with van der Waals surface area (Å²) >= 11 is 0. The minimum Gasteiger partial charge on any atom is -0.497 e. The fraction of sp³-hybridized carbons (Fsp3) is 0.400. The van der Waals surface area contributed by atoms with E-state index in [2.05, 4.69) is 5.32 Å². The van der Waals surface area contributed by atoms with Crippen molar-refractivity contribution in [3.8, 4) is 17.2 Å². The maximum absolute atomic E-state index is 12.9. The van der Waals surface area contributed by atoms with Gasteiger partial charge in [-0.3, -0.25) is 14.4 Å². The third-order valence-electron chi connectivity index (χ3n) is 6.64. The Hall–Kier alpha value is -4.34. The Morgan fingerprint density at radius 1 is 1.00 bits per heavy atom. The van der Waals surface area contributed by atoms with Crippen LogP contribution in [0.25, 0.3) is 0 Å². The zero-order valence-electron chi connectivity index (χ0n) is 23.3. The van der Waals surface area contributed by atoms with Gasteiger partial charge in [0.25, 0.3) is 0 Å². The second-order valence-electron chi connectivity index (χ2n) is 9.50. The number of carbonyl (C=O) groups is 4. The SMILES string of the molecule is COc1ccc(NC(=O)CCCCC(=O)Oc2c(CC=C(C)CCC(=O)O)c(OC)c(C)c3c2C(=O)OC3)cc1. The largest absolute Gasteiger partial charge is 0.497 e. The average molecular weight is 554 g/mol. The van der Waals surface area contributed by atoms with Crippen LogP contribution in [0.3, 0.4) is 0 Å². The number of carboxylic acids is 1. The molecule has 0 aliphatic carbocycles. The number of methoxy groups -OCH3 is 2. The number of carbonyl (C=O) groups excluding carboxylic acids is 3. The number of benzene rings is 2. The van der Waals surface area contributed by atoms with E-state index >= 15 is 0 Å². The Bertz CT molecular complexity index is 1300. The van der Waals surface area contributed by atoms with Crippen LogP contribution in [0.5, 0.6) is 17.2 Å². The molecule has 0 atom stereocenters. The number of aliphatic carboxylic acids is 1. The molecule has 0 fully saturated rings. The number of ether oxygens (including phenoxy) is 4. The highest BCUT2D eigenvalue weighted by molar-refractivity contribution is 5.99. The Labute approximate surface area is 233 Å². The van der Waals surface area contributed by atoms with Crippen LogP contribution in [0, 0.1) is 6.92 Å². The van der Waals surface area contributed by atoms with Gasteiger partial charge in [0.05, 0.1) is 14.2 Å². The van der Waals surface area contributed by atoms with Crippen LogP contribution in [-0.2, 0) is 32.1 Å². The van der Waals surface area contributed by atoms with Gasteiger partial charge in [-0.15, -0.1) is 0 Å². The zero-order valence-corrected chi connectivity index (χ0v) is 23.3. The lowest BCUT2D eigenvalue weighted by Gasteiger charge is -2.19. The molecule has 1 heterocycles. The molecule has 0 saturated carbocycles. The van der Waals surface area contributed by atoms with E-state index < -0.39 is 17.9 Å². The first-order chi connectivity index (χ1) is 19.1. The number of hydrogen-bond donors (Lipinski definition) is 2. The summed E-state index contributed by atoms with van der Waals surface area (Å²) in [7, 11) is 3.07. The fourth-order valence-corrected chi connectivity index (χ4v) is 4.42. The van der Waals surface area contributed by atoms with Gasteiger partial charge in [0.2, 0.25) is 5.91 Å². The number of cyclic esters (lactones) is 1. The molecule has 1 aliphatic heterocycles. The second kappa shape index (κ2) is 14.2. The quantitative estimate of drug-likeness (QED) is 0.141. The number of hydrogen-bond acceptors (Lipinski definition) is 8. The third-order valence-corrected chi connectivity index (χ3v) is 6.64. The summed E-state index contributed by atoms with van der Waals surface area (Å²) < 4.78 is 21.7. The summed E-state index contributed by atoms with van der Waals surface area (Å²) in [6, 6.07) is 6.99. The minimum absolute atomic E-state index is 0.00499. The van der Waals surface area contributed by atoms with Gasteiger partial charge in [0, 0.05) is 36.1 Å². The topological polar surface area (TPSA) is 137 Å². The lowest BCUT2D eigenvalue weighted by atomic mass is 9.94. The predicted octanol–water partition coefficient (Wildman–Crippen LogP) is 5.14. The summed E-state index contributed by atoms with van der Waals surface area (Å²) in [5, 5.41) is 11.8. The molecule has 2 N–H and O–H groups in total. The summed E-state index contributed by atoms with van der Waals surface area (Å²) in [6.07, 6.45) is 3.62. The Balaban J connectivity index is 1.68. The molecular formula is C30H35NO9. The standard InChI is InChI=1S/C30H35NO9/c1-18(10-16-25(33)34)9-15-22-28(38-4)19(2)23-17-39-30(36)27(23)29(22)40-26(35)8-6-5-7-24(32)31-20-11-13-21(37-3)14-12-20/h9,11-14H,5-8,10,15-17H2,1-4H3,(H,31,32)(H,33,34). The fourth-order valence-electron chi connectivity index (χ4n) is 4.42. The first kappa shape index (κ1) is 30.2. The molecule has 0 unspecified atom stereocenters. The van der Waals surface area contributed by atoms with Crippen molar-refractivity contribution in [2.75, 3.05) is 19.5 Å². The van der Waals surface area contributed by atoms with Gasteiger partial charge < -0.3 is 29.4 Å². The molecule has 10 heteroatoms. The molecule has 1 amide bonds. The van der Waals surface area contributed by atoms with Gasteiger partial charge in [-0.1, -0.05) is 11.6 Å². The minimum atomic E-state index is -0.894. The number of allylic oxidation sites excluding steroid dienone is 2. The van der Waals surface area contributed by atoms with E-state index in [9.17, 15) is 19.2 Å². The van der Waals surface area contributed by atoms with Gasteiger partial charge in [0.1, 0.15) is 23.7 Å². The summed E-state index contributed by atoms with van der Waals surface area (Å²) in [4.78, 5) is 48.7. The van der Waals surface area contributed by atoms with Crippen molar-refractivity contribution in [1.82, 2.24) is 0 Å². The maximum atomic E-state index is 12.9. The van der Waals surface area contributed by atoms with Crippen LogP contribution in [0.4, 0.5) is 5.69 Å². The number of carboxylic acid groups (broad SMARTS) is 1. The Morgan fingerprint density at radius 3 is 2.35 bits per heavy atom. The average Bonchev–Trinajstić information content (AvgIpc) is 3.32. The van der Waals surface area contributed by atoms with Crippen molar-refractivity contribution in [1.29, 1.82) is 0 Å². The summed E-state index contributed by atoms with van der Waals surface area (Å²) in [5.41, 5.74) is 3.54. The van der Waals surface area contributed by atoms with E-state index in [4.69, 9.17) is 24.1 Å². The van der Waals surface area contributed by atoms with Gasteiger partial charge in [-0.05, 0) is 69.4 Å². The number of unbranched alkanes of at least 4 members (excludes halogenated alkanes) is 1. The monoisotopic (exact) mass is 553 g/mol. The van der Waals surface area contributed by atoms with Crippen LogP contribution in [0.2, 0.25) is 0 Å². The highest BCUT2D eigenvalue weighted by Gasteiger charge is 2.34. The first-order valence-electron chi connectivity index (χ1n) is 13.1. The second-order valence-corrected chi connectivity index (χ2v) is 9.50. The summed E-state index contributed by atoms with van der Waals surface area (Å²) in [6.45, 7) is 3.69. The van der Waals surface area contributed by atoms with Crippen LogP contribution in [-0.4, -0.2) is 43.1 Å². The van der Waals surface area contributed by atoms with Crippen LogP contribution in [0.1, 0.15) is 72.5 Å². The molecule has 214 valence electrons. The normalized spacial score (nSPS) is 12.4. The zero-order chi connectivity index (χ0) is 29.2. The van der Waals surface area contributed by atoms with Gasteiger partial charge in [-0.2, -0.15) is 0 Å². The molecule has 40 heavy (non-hydrogen) atoms. The van der Waals surface area contributed by atoms with Crippen LogP contribution >= 0.6 is 0 Å². The molecule has 0 aromatic heterocycles. The predicted molar refractivity (Wildman–Crippen MR) is 147 cm³/mol. The molecule has 2 aromatic rings. The lowest BCUT2D eigenvalue weighted by Crippen LogP contribution is -2.15. The maximum Gasteiger partial charge on any atom is 0.342 e. The van der Waals surface area contributed by atoms with Crippen molar-refractivity contribution in [3.63, 3.8) is 0 Å². The molecule has 0 radical (unpaired) electrons. The highest BCUT2D eigenvalue weighted by Crippen LogP contribution is 2.43. The van der Waals surface area contributed by atoms with E-state index in [1.807, 2.05) is 19.9 Å². The molecular weight excluding hydrogens is 518 g/mol. The number of rotatable bonds is 14. The van der Waals surface area contributed by atoms with Crippen molar-refractivity contribution < 1.29 is 43.2 Å².